The molecule has 2 rings (SSSR count). The van der Waals surface area contributed by atoms with Crippen LogP contribution in [0.25, 0.3) is 0 Å². The molecule has 3 heteroatoms. The predicted octanol–water partition coefficient (Wildman–Crippen LogP) is 1.04. The van der Waals surface area contributed by atoms with Crippen molar-refractivity contribution in [2.45, 2.75) is 32.0 Å². The minimum atomic E-state index is -0.778. The van der Waals surface area contributed by atoms with Gasteiger partial charge in [0, 0.05) is 0 Å². The number of aliphatic hydroxyl groups is 2. The number of aryl methyl sites for hydroxylation is 2. The molecule has 1 aromatic carbocycles. The molecule has 0 saturated heterocycles. The lowest BCUT2D eigenvalue weighted by molar-refractivity contribution is -0.00959. The van der Waals surface area contributed by atoms with Crippen LogP contribution in [0, 0.1) is 6.92 Å². The minimum absolute atomic E-state index is 0.244. The fourth-order valence-electron chi connectivity index (χ4n) is 1.93. The Labute approximate surface area is 89.3 Å². The fraction of sp³-hybridized carbons (Fsp3) is 0.500. The molecule has 0 amide bonds. The first-order valence-corrected chi connectivity index (χ1v) is 5.26. The Morgan fingerprint density at radius 3 is 3.07 bits per heavy atom. The van der Waals surface area contributed by atoms with Gasteiger partial charge in [0.15, 0.2) is 0 Å². The molecule has 0 fully saturated rings. The van der Waals surface area contributed by atoms with Crippen LogP contribution in [0.2, 0.25) is 0 Å². The molecule has 0 radical (unpaired) electrons. The molecular weight excluding hydrogens is 192 g/mol. The van der Waals surface area contributed by atoms with Gasteiger partial charge in [0.05, 0.1) is 6.61 Å². The Balaban J connectivity index is 2.16. The predicted molar refractivity (Wildman–Crippen MR) is 57.0 cm³/mol. The molecule has 0 aliphatic carbocycles. The van der Waals surface area contributed by atoms with Gasteiger partial charge in [-0.2, -0.15) is 0 Å². The van der Waals surface area contributed by atoms with E-state index in [4.69, 9.17) is 9.84 Å². The molecule has 82 valence electrons. The largest absolute Gasteiger partial charge is 0.487 e. The van der Waals surface area contributed by atoms with Gasteiger partial charge >= 0.3 is 0 Å². The van der Waals surface area contributed by atoms with Gasteiger partial charge in [0.2, 0.25) is 0 Å². The minimum Gasteiger partial charge on any atom is -0.487 e. The van der Waals surface area contributed by atoms with Crippen molar-refractivity contribution in [3.63, 3.8) is 0 Å². The first-order chi connectivity index (χ1) is 7.20. The van der Waals surface area contributed by atoms with Gasteiger partial charge in [-0.05, 0) is 31.4 Å². The zero-order valence-corrected chi connectivity index (χ0v) is 8.81. The number of ether oxygens (including phenoxy) is 1. The molecule has 15 heavy (non-hydrogen) atoms. The summed E-state index contributed by atoms with van der Waals surface area (Å²) < 4.78 is 5.63. The highest BCUT2D eigenvalue weighted by atomic mass is 16.5. The third-order valence-corrected chi connectivity index (χ3v) is 2.81. The van der Waals surface area contributed by atoms with Crippen LogP contribution >= 0.6 is 0 Å². The van der Waals surface area contributed by atoms with Gasteiger partial charge in [-0.3, -0.25) is 0 Å². The van der Waals surface area contributed by atoms with E-state index in [0.29, 0.717) is 0 Å². The molecule has 1 aromatic rings. The Bertz CT molecular complexity index is 349. The molecule has 3 nitrogen and oxygen atoms in total. The summed E-state index contributed by atoms with van der Waals surface area (Å²) in [6.07, 6.45) is 0.612. The van der Waals surface area contributed by atoms with Crippen LogP contribution in [-0.4, -0.2) is 29.0 Å². The molecule has 1 unspecified atom stereocenters. The van der Waals surface area contributed by atoms with Crippen LogP contribution < -0.4 is 4.74 Å². The monoisotopic (exact) mass is 208 g/mol. The third-order valence-electron chi connectivity index (χ3n) is 2.81. The number of hydrogen-bond donors (Lipinski definition) is 2. The molecular formula is C12H16O3. The van der Waals surface area contributed by atoms with Gasteiger partial charge in [-0.15, -0.1) is 0 Å². The average molecular weight is 208 g/mol. The Morgan fingerprint density at radius 2 is 2.33 bits per heavy atom. The Kier molecular flexibility index (Phi) is 2.93. The molecule has 2 atom stereocenters. The molecule has 1 aliphatic rings. The summed E-state index contributed by atoms with van der Waals surface area (Å²) in [5.41, 5.74) is 2.41. The van der Waals surface area contributed by atoms with Crippen LogP contribution in [0.1, 0.15) is 17.5 Å². The maximum atomic E-state index is 9.49. The molecule has 0 spiro atoms. The van der Waals surface area contributed by atoms with E-state index < -0.39 is 6.10 Å². The smallest absolute Gasteiger partial charge is 0.127 e. The Hall–Kier alpha value is -1.06. The lowest BCUT2D eigenvalue weighted by atomic mass is 9.98. The number of benzene rings is 1. The van der Waals surface area contributed by atoms with Crippen molar-refractivity contribution in [2.75, 3.05) is 6.61 Å². The SMILES string of the molecule is Cc1ccc2c(c1)CCC([C@H](O)CO)O2. The van der Waals surface area contributed by atoms with Crippen molar-refractivity contribution in [1.82, 2.24) is 0 Å². The zero-order valence-electron chi connectivity index (χ0n) is 8.81. The summed E-state index contributed by atoms with van der Waals surface area (Å²) in [7, 11) is 0. The van der Waals surface area contributed by atoms with Crippen molar-refractivity contribution in [2.24, 2.45) is 0 Å². The van der Waals surface area contributed by atoms with Crippen molar-refractivity contribution in [3.05, 3.63) is 29.3 Å². The second kappa shape index (κ2) is 4.21. The van der Waals surface area contributed by atoms with E-state index in [2.05, 4.69) is 13.0 Å². The van der Waals surface area contributed by atoms with Gasteiger partial charge in [-0.25, -0.2) is 0 Å². The summed E-state index contributed by atoms with van der Waals surface area (Å²) in [5.74, 6) is 0.837. The highest BCUT2D eigenvalue weighted by Gasteiger charge is 2.25. The molecule has 0 bridgehead atoms. The molecule has 1 heterocycles. The van der Waals surface area contributed by atoms with E-state index in [-0.39, 0.29) is 12.7 Å². The summed E-state index contributed by atoms with van der Waals surface area (Å²) in [4.78, 5) is 0. The highest BCUT2D eigenvalue weighted by Crippen LogP contribution is 2.29. The van der Waals surface area contributed by atoms with Gasteiger partial charge in [-0.1, -0.05) is 17.7 Å². The second-order valence-corrected chi connectivity index (χ2v) is 4.06. The van der Waals surface area contributed by atoms with E-state index in [1.54, 1.807) is 0 Å². The fourth-order valence-corrected chi connectivity index (χ4v) is 1.93. The number of rotatable bonds is 2. The third kappa shape index (κ3) is 2.13. The first-order valence-electron chi connectivity index (χ1n) is 5.26. The molecule has 2 N–H and O–H groups in total. The molecule has 0 aromatic heterocycles. The van der Waals surface area contributed by atoms with Crippen molar-refractivity contribution in [3.8, 4) is 5.75 Å². The summed E-state index contributed by atoms with van der Waals surface area (Å²) in [6.45, 7) is 1.81. The molecule has 1 aliphatic heterocycles. The van der Waals surface area contributed by atoms with E-state index in [9.17, 15) is 5.11 Å². The summed E-state index contributed by atoms with van der Waals surface area (Å²) in [5, 5.41) is 18.3. The lowest BCUT2D eigenvalue weighted by Gasteiger charge is -2.28. The topological polar surface area (TPSA) is 49.7 Å². The van der Waals surface area contributed by atoms with E-state index in [0.717, 1.165) is 18.6 Å². The van der Waals surface area contributed by atoms with Crippen LogP contribution in [0.15, 0.2) is 18.2 Å². The van der Waals surface area contributed by atoms with Gasteiger partial charge in [0.1, 0.15) is 18.0 Å². The quantitative estimate of drug-likeness (QED) is 0.763. The number of fused-ring (bicyclic) bond motifs is 1. The molecule has 0 saturated carbocycles. The van der Waals surface area contributed by atoms with Crippen molar-refractivity contribution < 1.29 is 14.9 Å². The van der Waals surface area contributed by atoms with E-state index >= 15 is 0 Å². The Morgan fingerprint density at radius 1 is 1.53 bits per heavy atom. The maximum Gasteiger partial charge on any atom is 0.127 e. The van der Waals surface area contributed by atoms with Crippen molar-refractivity contribution in [1.29, 1.82) is 0 Å². The van der Waals surface area contributed by atoms with Crippen LogP contribution in [0.4, 0.5) is 0 Å². The van der Waals surface area contributed by atoms with Crippen LogP contribution in [0.3, 0.4) is 0 Å². The highest BCUT2D eigenvalue weighted by molar-refractivity contribution is 5.38. The maximum absolute atomic E-state index is 9.49. The van der Waals surface area contributed by atoms with Crippen molar-refractivity contribution >= 4 is 0 Å². The summed E-state index contributed by atoms with van der Waals surface area (Å²) in [6, 6.07) is 6.03. The number of hydrogen-bond acceptors (Lipinski definition) is 3. The zero-order chi connectivity index (χ0) is 10.8. The van der Waals surface area contributed by atoms with Gasteiger partial charge < -0.3 is 14.9 Å². The van der Waals surface area contributed by atoms with Gasteiger partial charge in [0.25, 0.3) is 0 Å². The normalized spacial score (nSPS) is 21.7. The van der Waals surface area contributed by atoms with Crippen LogP contribution in [0.5, 0.6) is 5.75 Å². The lowest BCUT2D eigenvalue weighted by Crippen LogP contribution is -2.37. The standard InChI is InChI=1S/C12H16O3/c1-8-2-4-11-9(6-8)3-5-12(15-11)10(14)7-13/h2,4,6,10,12-14H,3,5,7H2,1H3/t10-,12?/m1/s1. The second-order valence-electron chi connectivity index (χ2n) is 4.06. The summed E-state index contributed by atoms with van der Waals surface area (Å²) >= 11 is 0. The van der Waals surface area contributed by atoms with E-state index in [1.807, 2.05) is 12.1 Å². The van der Waals surface area contributed by atoms with Crippen LogP contribution in [-0.2, 0) is 6.42 Å². The first kappa shape index (κ1) is 10.5. The van der Waals surface area contributed by atoms with E-state index in [1.165, 1.54) is 11.1 Å². The average Bonchev–Trinajstić information content (AvgIpc) is 2.27. The number of aliphatic hydroxyl groups excluding tert-OH is 2.